The molecule has 1 atom stereocenters. The molecule has 1 aromatic heterocycles. The minimum absolute atomic E-state index is 0.205. The van der Waals surface area contributed by atoms with Crippen molar-refractivity contribution >= 4 is 11.6 Å². The SMILES string of the molecule is COc1cc(NC(=O)C(N)CC(C)C)ccc1-c1cnco1. The van der Waals surface area contributed by atoms with Gasteiger partial charge >= 0.3 is 0 Å². The number of benzene rings is 1. The molecule has 0 bridgehead atoms. The molecule has 0 radical (unpaired) electrons. The molecule has 0 saturated heterocycles. The Labute approximate surface area is 129 Å². The van der Waals surface area contributed by atoms with Crippen LogP contribution in [0.4, 0.5) is 5.69 Å². The van der Waals surface area contributed by atoms with Gasteiger partial charge in [0.1, 0.15) is 5.75 Å². The summed E-state index contributed by atoms with van der Waals surface area (Å²) in [5, 5.41) is 2.80. The highest BCUT2D eigenvalue weighted by atomic mass is 16.5. The fraction of sp³-hybridized carbons (Fsp3) is 0.375. The van der Waals surface area contributed by atoms with Gasteiger partial charge in [0.25, 0.3) is 0 Å². The molecule has 118 valence electrons. The van der Waals surface area contributed by atoms with Crippen molar-refractivity contribution in [2.75, 3.05) is 12.4 Å². The van der Waals surface area contributed by atoms with Gasteiger partial charge in [0.15, 0.2) is 12.2 Å². The summed E-state index contributed by atoms with van der Waals surface area (Å²) in [6.07, 6.45) is 3.60. The van der Waals surface area contributed by atoms with Gasteiger partial charge in [-0.1, -0.05) is 13.8 Å². The van der Waals surface area contributed by atoms with E-state index >= 15 is 0 Å². The van der Waals surface area contributed by atoms with Crippen LogP contribution in [0.3, 0.4) is 0 Å². The van der Waals surface area contributed by atoms with E-state index in [4.69, 9.17) is 14.9 Å². The number of hydrogen-bond donors (Lipinski definition) is 2. The Hall–Kier alpha value is -2.34. The van der Waals surface area contributed by atoms with Crippen LogP contribution in [-0.2, 0) is 4.79 Å². The number of rotatable bonds is 6. The quantitative estimate of drug-likeness (QED) is 0.856. The summed E-state index contributed by atoms with van der Waals surface area (Å²) in [6, 6.07) is 4.79. The van der Waals surface area contributed by atoms with Crippen LogP contribution in [0.15, 0.2) is 35.2 Å². The topological polar surface area (TPSA) is 90.4 Å². The molecule has 1 aromatic carbocycles. The number of amides is 1. The van der Waals surface area contributed by atoms with Gasteiger partial charge in [-0.15, -0.1) is 0 Å². The largest absolute Gasteiger partial charge is 0.496 e. The maximum absolute atomic E-state index is 12.1. The summed E-state index contributed by atoms with van der Waals surface area (Å²) >= 11 is 0. The van der Waals surface area contributed by atoms with Gasteiger partial charge in [0, 0.05) is 11.8 Å². The highest BCUT2D eigenvalue weighted by Crippen LogP contribution is 2.32. The number of nitrogens with zero attached hydrogens (tertiary/aromatic N) is 1. The smallest absolute Gasteiger partial charge is 0.241 e. The lowest BCUT2D eigenvalue weighted by Crippen LogP contribution is -2.36. The van der Waals surface area contributed by atoms with E-state index < -0.39 is 6.04 Å². The molecule has 0 fully saturated rings. The molecule has 22 heavy (non-hydrogen) atoms. The summed E-state index contributed by atoms with van der Waals surface area (Å²) in [5.74, 6) is 1.35. The predicted molar refractivity (Wildman–Crippen MR) is 84.6 cm³/mol. The number of nitrogens with one attached hydrogen (secondary N) is 1. The second-order valence-corrected chi connectivity index (χ2v) is 5.51. The zero-order valence-electron chi connectivity index (χ0n) is 13.0. The summed E-state index contributed by atoms with van der Waals surface area (Å²) in [5.41, 5.74) is 7.27. The number of nitrogens with two attached hydrogens (primary N) is 1. The van der Waals surface area contributed by atoms with Crippen LogP contribution >= 0.6 is 0 Å². The lowest BCUT2D eigenvalue weighted by Gasteiger charge is -2.15. The van der Waals surface area contributed by atoms with Crippen LogP contribution in [0.5, 0.6) is 5.75 Å². The molecule has 1 heterocycles. The fourth-order valence-electron chi connectivity index (χ4n) is 2.17. The molecular formula is C16H21N3O3. The molecule has 0 aliphatic carbocycles. The third-order valence-corrected chi connectivity index (χ3v) is 3.23. The van der Waals surface area contributed by atoms with E-state index in [0.717, 1.165) is 5.56 Å². The van der Waals surface area contributed by atoms with Crippen molar-refractivity contribution in [1.82, 2.24) is 4.98 Å². The van der Waals surface area contributed by atoms with Crippen molar-refractivity contribution in [3.63, 3.8) is 0 Å². The highest BCUT2D eigenvalue weighted by Gasteiger charge is 2.16. The molecule has 0 spiro atoms. The Morgan fingerprint density at radius 2 is 2.23 bits per heavy atom. The number of methoxy groups -OCH3 is 1. The number of carbonyl (C=O) groups excluding carboxylic acids is 1. The first kappa shape index (κ1) is 16.0. The van der Waals surface area contributed by atoms with Crippen molar-refractivity contribution in [3.8, 4) is 17.1 Å². The molecule has 0 saturated carbocycles. The van der Waals surface area contributed by atoms with Gasteiger partial charge in [-0.05, 0) is 24.5 Å². The summed E-state index contributed by atoms with van der Waals surface area (Å²) < 4.78 is 10.6. The van der Waals surface area contributed by atoms with Gasteiger partial charge in [-0.3, -0.25) is 4.79 Å². The van der Waals surface area contributed by atoms with E-state index in [2.05, 4.69) is 10.3 Å². The van der Waals surface area contributed by atoms with E-state index in [1.807, 2.05) is 19.9 Å². The van der Waals surface area contributed by atoms with Crippen molar-refractivity contribution in [3.05, 3.63) is 30.8 Å². The average Bonchev–Trinajstić information content (AvgIpc) is 3.00. The third-order valence-electron chi connectivity index (χ3n) is 3.23. The lowest BCUT2D eigenvalue weighted by molar-refractivity contribution is -0.117. The fourth-order valence-corrected chi connectivity index (χ4v) is 2.17. The van der Waals surface area contributed by atoms with E-state index in [1.165, 1.54) is 6.39 Å². The standard InChI is InChI=1S/C16H21N3O3/c1-10(2)6-13(17)16(20)19-11-4-5-12(14(7-11)21-3)15-8-18-9-22-15/h4-5,7-10,13H,6,17H2,1-3H3,(H,19,20). The second-order valence-electron chi connectivity index (χ2n) is 5.51. The molecule has 0 aliphatic rings. The van der Waals surface area contributed by atoms with Crippen molar-refractivity contribution < 1.29 is 13.9 Å². The zero-order chi connectivity index (χ0) is 16.1. The third kappa shape index (κ3) is 3.85. The molecular weight excluding hydrogens is 282 g/mol. The Bertz CT molecular complexity index is 624. The maximum Gasteiger partial charge on any atom is 0.241 e. The van der Waals surface area contributed by atoms with Crippen LogP contribution in [0.25, 0.3) is 11.3 Å². The molecule has 3 N–H and O–H groups in total. The zero-order valence-corrected chi connectivity index (χ0v) is 13.0. The summed E-state index contributed by atoms with van der Waals surface area (Å²) in [6.45, 7) is 4.06. The van der Waals surface area contributed by atoms with Crippen molar-refractivity contribution in [1.29, 1.82) is 0 Å². The van der Waals surface area contributed by atoms with E-state index in [0.29, 0.717) is 29.5 Å². The van der Waals surface area contributed by atoms with Crippen molar-refractivity contribution in [2.24, 2.45) is 11.7 Å². The maximum atomic E-state index is 12.1. The van der Waals surface area contributed by atoms with Crippen LogP contribution in [0.1, 0.15) is 20.3 Å². The molecule has 6 nitrogen and oxygen atoms in total. The highest BCUT2D eigenvalue weighted by molar-refractivity contribution is 5.95. The molecule has 1 unspecified atom stereocenters. The van der Waals surface area contributed by atoms with Crippen molar-refractivity contribution in [2.45, 2.75) is 26.3 Å². The van der Waals surface area contributed by atoms with Crippen LogP contribution in [0, 0.1) is 5.92 Å². The van der Waals surface area contributed by atoms with Gasteiger partial charge in [-0.25, -0.2) is 4.98 Å². The molecule has 0 aliphatic heterocycles. The number of anilines is 1. The van der Waals surface area contributed by atoms with Gasteiger partial charge < -0.3 is 20.2 Å². The second kappa shape index (κ2) is 7.09. The van der Waals surface area contributed by atoms with E-state index in [-0.39, 0.29) is 5.91 Å². The number of oxazole rings is 1. The van der Waals surface area contributed by atoms with Gasteiger partial charge in [0.05, 0.1) is 24.9 Å². The van der Waals surface area contributed by atoms with Crippen LogP contribution in [-0.4, -0.2) is 24.0 Å². The number of ether oxygens (including phenoxy) is 1. The number of hydrogen-bond acceptors (Lipinski definition) is 5. The van der Waals surface area contributed by atoms with E-state index in [1.54, 1.807) is 25.4 Å². The van der Waals surface area contributed by atoms with Crippen LogP contribution < -0.4 is 15.8 Å². The normalized spacial score (nSPS) is 12.2. The average molecular weight is 303 g/mol. The minimum atomic E-state index is -0.528. The summed E-state index contributed by atoms with van der Waals surface area (Å²) in [7, 11) is 1.56. The predicted octanol–water partition coefficient (Wildman–Crippen LogP) is 2.66. The van der Waals surface area contributed by atoms with Gasteiger partial charge in [0.2, 0.25) is 5.91 Å². The Morgan fingerprint density at radius 1 is 1.45 bits per heavy atom. The minimum Gasteiger partial charge on any atom is -0.496 e. The molecule has 2 aromatic rings. The first-order valence-electron chi connectivity index (χ1n) is 7.14. The Morgan fingerprint density at radius 3 is 2.82 bits per heavy atom. The Kier molecular flexibility index (Phi) is 5.16. The molecule has 2 rings (SSSR count). The molecule has 6 heteroatoms. The number of carbonyl (C=O) groups is 1. The van der Waals surface area contributed by atoms with Gasteiger partial charge in [-0.2, -0.15) is 0 Å². The first-order valence-corrected chi connectivity index (χ1v) is 7.14. The first-order chi connectivity index (χ1) is 10.5. The number of aromatic nitrogens is 1. The summed E-state index contributed by atoms with van der Waals surface area (Å²) in [4.78, 5) is 15.9. The monoisotopic (exact) mass is 303 g/mol. The molecule has 1 amide bonds. The Balaban J connectivity index is 2.15. The van der Waals surface area contributed by atoms with Crippen LogP contribution in [0.2, 0.25) is 0 Å². The lowest BCUT2D eigenvalue weighted by atomic mass is 10.0. The van der Waals surface area contributed by atoms with E-state index in [9.17, 15) is 4.79 Å².